The van der Waals surface area contributed by atoms with Gasteiger partial charge in [0.15, 0.2) is 17.5 Å². The van der Waals surface area contributed by atoms with Gasteiger partial charge in [0.2, 0.25) is 0 Å². The lowest BCUT2D eigenvalue weighted by Gasteiger charge is -2.10. The second-order valence-electron chi connectivity index (χ2n) is 12.5. The van der Waals surface area contributed by atoms with Crippen molar-refractivity contribution in [3.63, 3.8) is 0 Å². The molecule has 0 radical (unpaired) electrons. The summed E-state index contributed by atoms with van der Waals surface area (Å²) < 4.78 is 8.40. The summed E-state index contributed by atoms with van der Waals surface area (Å²) in [5, 5.41) is 4.58. The van der Waals surface area contributed by atoms with E-state index in [9.17, 15) is 0 Å². The normalized spacial score (nSPS) is 11.6. The summed E-state index contributed by atoms with van der Waals surface area (Å²) in [6.45, 7) is 0. The maximum atomic E-state index is 6.07. The van der Waals surface area contributed by atoms with Crippen LogP contribution in [0.25, 0.3) is 94.7 Å². The van der Waals surface area contributed by atoms with E-state index in [2.05, 4.69) is 102 Å². The van der Waals surface area contributed by atoms with Gasteiger partial charge in [0, 0.05) is 43.9 Å². The molecule has 7 aromatic carbocycles. The first kappa shape index (κ1) is 28.2. The molecule has 0 aliphatic rings. The van der Waals surface area contributed by atoms with Crippen LogP contribution in [0.3, 0.4) is 0 Å². The Labute approximate surface area is 287 Å². The van der Waals surface area contributed by atoms with Gasteiger partial charge in [-0.05, 0) is 65.7 Å². The fourth-order valence-corrected chi connectivity index (χ4v) is 7.04. The number of para-hydroxylation sites is 2. The molecule has 3 aromatic heterocycles. The van der Waals surface area contributed by atoms with Gasteiger partial charge in [-0.2, -0.15) is 0 Å². The van der Waals surface area contributed by atoms with Crippen LogP contribution < -0.4 is 0 Å². The number of benzene rings is 7. The topological polar surface area (TPSA) is 56.7 Å². The van der Waals surface area contributed by atoms with E-state index in [-0.39, 0.29) is 0 Å². The van der Waals surface area contributed by atoms with Gasteiger partial charge in [-0.15, -0.1) is 0 Å². The number of fused-ring (bicyclic) bond motifs is 6. The molecule has 5 heteroatoms. The molecule has 0 aliphatic carbocycles. The van der Waals surface area contributed by atoms with E-state index in [0.717, 1.165) is 71.9 Å². The minimum Gasteiger partial charge on any atom is -0.456 e. The highest BCUT2D eigenvalue weighted by atomic mass is 16.3. The highest BCUT2D eigenvalue weighted by Crippen LogP contribution is 2.37. The molecule has 0 N–H and O–H groups in total. The third-order valence-corrected chi connectivity index (χ3v) is 9.47. The monoisotopic (exact) mass is 640 g/mol. The molecule has 0 aliphatic heterocycles. The van der Waals surface area contributed by atoms with E-state index < -0.39 is 0 Å². The van der Waals surface area contributed by atoms with Crippen LogP contribution in [0.5, 0.6) is 0 Å². The zero-order valence-electron chi connectivity index (χ0n) is 26.9. The van der Waals surface area contributed by atoms with Crippen molar-refractivity contribution in [1.82, 2.24) is 19.5 Å². The Balaban J connectivity index is 1.08. The van der Waals surface area contributed by atoms with Crippen molar-refractivity contribution in [2.45, 2.75) is 0 Å². The predicted molar refractivity (Wildman–Crippen MR) is 203 cm³/mol. The summed E-state index contributed by atoms with van der Waals surface area (Å²) in [6.07, 6.45) is 0. The molecule has 0 spiro atoms. The minimum absolute atomic E-state index is 0.642. The number of furan rings is 1. The average molecular weight is 641 g/mol. The first-order chi connectivity index (χ1) is 24.8. The molecule has 0 saturated carbocycles. The first-order valence-corrected chi connectivity index (χ1v) is 16.7. The van der Waals surface area contributed by atoms with Crippen molar-refractivity contribution in [1.29, 1.82) is 0 Å². The molecule has 0 saturated heterocycles. The lowest BCUT2D eigenvalue weighted by Crippen LogP contribution is -2.00. The van der Waals surface area contributed by atoms with Gasteiger partial charge in [-0.25, -0.2) is 15.0 Å². The van der Waals surface area contributed by atoms with Crippen LogP contribution >= 0.6 is 0 Å². The maximum absolute atomic E-state index is 6.07. The quantitative estimate of drug-likeness (QED) is 0.188. The Morgan fingerprint density at radius 2 is 0.860 bits per heavy atom. The molecule has 10 aromatic rings. The average Bonchev–Trinajstić information content (AvgIpc) is 3.73. The van der Waals surface area contributed by atoms with E-state index >= 15 is 0 Å². The van der Waals surface area contributed by atoms with Crippen molar-refractivity contribution < 1.29 is 4.42 Å². The molecular formula is C45H28N4O. The molecule has 0 bridgehead atoms. The van der Waals surface area contributed by atoms with Crippen LogP contribution in [0.1, 0.15) is 0 Å². The van der Waals surface area contributed by atoms with Crippen LogP contribution in [0.4, 0.5) is 0 Å². The van der Waals surface area contributed by atoms with Crippen molar-refractivity contribution in [2.75, 3.05) is 0 Å². The third kappa shape index (κ3) is 4.67. The number of aromatic nitrogens is 4. The fourth-order valence-electron chi connectivity index (χ4n) is 7.04. The Hall–Kier alpha value is -6.85. The maximum Gasteiger partial charge on any atom is 0.164 e. The number of hydrogen-bond donors (Lipinski definition) is 0. The molecular weight excluding hydrogens is 613 g/mol. The minimum atomic E-state index is 0.642. The lowest BCUT2D eigenvalue weighted by atomic mass is 10.0. The van der Waals surface area contributed by atoms with Gasteiger partial charge < -0.3 is 8.98 Å². The molecule has 50 heavy (non-hydrogen) atoms. The molecule has 0 amide bonds. The van der Waals surface area contributed by atoms with Crippen LogP contribution in [-0.2, 0) is 0 Å². The van der Waals surface area contributed by atoms with Gasteiger partial charge in [-0.1, -0.05) is 115 Å². The Morgan fingerprint density at radius 3 is 1.58 bits per heavy atom. The largest absolute Gasteiger partial charge is 0.456 e. The summed E-state index contributed by atoms with van der Waals surface area (Å²) in [5.74, 6) is 1.94. The summed E-state index contributed by atoms with van der Waals surface area (Å²) in [7, 11) is 0. The van der Waals surface area contributed by atoms with Gasteiger partial charge in [0.05, 0.1) is 11.0 Å². The zero-order chi connectivity index (χ0) is 33.0. The Kier molecular flexibility index (Phi) is 6.42. The fraction of sp³-hybridized carbons (Fsp3) is 0. The second-order valence-corrected chi connectivity index (χ2v) is 12.5. The molecule has 5 nitrogen and oxygen atoms in total. The standard InChI is InChI=1S/C45H28N4O/c1-3-11-30(12-4-1)43-46-44(31-13-5-2-6-14-31)48-45(47-43)33-21-25-40-37(28-33)35-15-7-9-17-39(35)49(40)34-23-19-29(20-24-34)32-22-26-42-38(27-32)36-16-8-10-18-41(36)50-42/h1-28H. The zero-order valence-corrected chi connectivity index (χ0v) is 26.9. The van der Waals surface area contributed by atoms with E-state index in [1.807, 2.05) is 72.8 Å². The Bertz CT molecular complexity index is 2800. The van der Waals surface area contributed by atoms with Gasteiger partial charge in [0.25, 0.3) is 0 Å². The number of hydrogen-bond acceptors (Lipinski definition) is 4. The molecule has 10 rings (SSSR count). The lowest BCUT2D eigenvalue weighted by molar-refractivity contribution is 0.669. The van der Waals surface area contributed by atoms with Gasteiger partial charge in [0.1, 0.15) is 11.2 Å². The van der Waals surface area contributed by atoms with Crippen LogP contribution in [0.15, 0.2) is 174 Å². The van der Waals surface area contributed by atoms with E-state index in [4.69, 9.17) is 19.4 Å². The summed E-state index contributed by atoms with van der Waals surface area (Å²) >= 11 is 0. The third-order valence-electron chi connectivity index (χ3n) is 9.47. The summed E-state index contributed by atoms with van der Waals surface area (Å²) in [4.78, 5) is 14.9. The Morgan fingerprint density at radius 1 is 0.340 bits per heavy atom. The molecule has 234 valence electrons. The molecule has 0 fully saturated rings. The van der Waals surface area contributed by atoms with Crippen LogP contribution in [0.2, 0.25) is 0 Å². The predicted octanol–water partition coefficient (Wildman–Crippen LogP) is 11.5. The van der Waals surface area contributed by atoms with Crippen LogP contribution in [-0.4, -0.2) is 19.5 Å². The van der Waals surface area contributed by atoms with Crippen molar-refractivity contribution in [3.8, 4) is 51.0 Å². The van der Waals surface area contributed by atoms with Crippen molar-refractivity contribution in [2.24, 2.45) is 0 Å². The smallest absolute Gasteiger partial charge is 0.164 e. The highest BCUT2D eigenvalue weighted by molar-refractivity contribution is 6.10. The van der Waals surface area contributed by atoms with E-state index in [1.54, 1.807) is 0 Å². The highest BCUT2D eigenvalue weighted by Gasteiger charge is 2.17. The SMILES string of the molecule is c1ccc(-c2nc(-c3ccccc3)nc(-c3ccc4c(c3)c3ccccc3n4-c3ccc(-c4ccc5oc6ccccc6c5c4)cc3)n2)cc1. The van der Waals surface area contributed by atoms with Gasteiger partial charge >= 0.3 is 0 Å². The number of nitrogens with zero attached hydrogens (tertiary/aromatic N) is 4. The second kappa shape index (κ2) is 11.4. The molecule has 0 atom stereocenters. The summed E-state index contributed by atoms with van der Waals surface area (Å²) in [6, 6.07) is 58.7. The summed E-state index contributed by atoms with van der Waals surface area (Å²) in [5.41, 5.74) is 10.3. The van der Waals surface area contributed by atoms with E-state index in [0.29, 0.717) is 17.5 Å². The van der Waals surface area contributed by atoms with Crippen molar-refractivity contribution >= 4 is 43.7 Å². The van der Waals surface area contributed by atoms with Crippen molar-refractivity contribution in [3.05, 3.63) is 170 Å². The van der Waals surface area contributed by atoms with Crippen LogP contribution in [0, 0.1) is 0 Å². The van der Waals surface area contributed by atoms with E-state index in [1.165, 1.54) is 5.39 Å². The number of rotatable bonds is 5. The molecule has 0 unspecified atom stereocenters. The van der Waals surface area contributed by atoms with Gasteiger partial charge in [-0.3, -0.25) is 0 Å². The molecule has 3 heterocycles. The first-order valence-electron chi connectivity index (χ1n) is 16.7.